The van der Waals surface area contributed by atoms with Crippen LogP contribution in [-0.2, 0) is 6.42 Å². The normalized spacial score (nSPS) is 10.7. The maximum absolute atomic E-state index is 9.61. The average Bonchev–Trinajstić information content (AvgIpc) is 2.20. The highest BCUT2D eigenvalue weighted by atomic mass is 16.3. The van der Waals surface area contributed by atoms with Crippen LogP contribution in [0.3, 0.4) is 0 Å². The van der Waals surface area contributed by atoms with Crippen LogP contribution in [-0.4, -0.2) is 21.6 Å². The number of aromatic nitrogens is 2. The quantitative estimate of drug-likeness (QED) is 0.658. The van der Waals surface area contributed by atoms with Crippen molar-refractivity contribution in [3.05, 3.63) is 23.9 Å². The minimum absolute atomic E-state index is 0.111. The Morgan fingerprint density at radius 2 is 2.07 bits per heavy atom. The van der Waals surface area contributed by atoms with E-state index >= 15 is 0 Å². The van der Waals surface area contributed by atoms with Crippen molar-refractivity contribution in [2.24, 2.45) is 5.73 Å². The Morgan fingerprint density at radius 1 is 1.27 bits per heavy atom. The first kappa shape index (κ1) is 9.67. The summed E-state index contributed by atoms with van der Waals surface area (Å²) in [5.74, 6) is 0.271. The number of phenols is 1. The first-order chi connectivity index (χ1) is 7.22. The van der Waals surface area contributed by atoms with Gasteiger partial charge in [0.25, 0.3) is 0 Å². The summed E-state index contributed by atoms with van der Waals surface area (Å²) in [7, 11) is 0. The van der Waals surface area contributed by atoms with Crippen molar-refractivity contribution in [1.29, 1.82) is 0 Å². The van der Waals surface area contributed by atoms with Crippen molar-refractivity contribution < 1.29 is 5.11 Å². The zero-order valence-electron chi connectivity index (χ0n) is 8.14. The highest BCUT2D eigenvalue weighted by Crippen LogP contribution is 2.24. The molecule has 2 rings (SSSR count). The molecule has 0 aliphatic rings. The Bertz CT molecular complexity index is 498. The highest BCUT2D eigenvalue weighted by Gasteiger charge is 2.08. The van der Waals surface area contributed by atoms with Crippen LogP contribution in [0.15, 0.2) is 18.2 Å². The predicted octanol–water partition coefficient (Wildman–Crippen LogP) is 0.419. The van der Waals surface area contributed by atoms with Crippen LogP contribution in [0.25, 0.3) is 10.9 Å². The Balaban J connectivity index is 2.74. The summed E-state index contributed by atoms with van der Waals surface area (Å²) in [4.78, 5) is 8.10. The molecule has 5 nitrogen and oxygen atoms in total. The molecule has 0 spiro atoms. The second-order valence-electron chi connectivity index (χ2n) is 3.24. The summed E-state index contributed by atoms with van der Waals surface area (Å²) in [5, 5.41) is 10.4. The van der Waals surface area contributed by atoms with Gasteiger partial charge >= 0.3 is 0 Å². The molecule has 0 bridgehead atoms. The molecule has 0 amide bonds. The molecule has 0 atom stereocenters. The van der Waals surface area contributed by atoms with E-state index in [0.717, 1.165) is 11.1 Å². The molecule has 1 aromatic heterocycles. The van der Waals surface area contributed by atoms with Crippen LogP contribution in [0.2, 0.25) is 0 Å². The topological polar surface area (TPSA) is 98.0 Å². The zero-order valence-corrected chi connectivity index (χ0v) is 8.14. The lowest BCUT2D eigenvalue weighted by Gasteiger charge is -2.06. The highest BCUT2D eigenvalue weighted by molar-refractivity contribution is 5.86. The minimum Gasteiger partial charge on any atom is -0.506 e. The van der Waals surface area contributed by atoms with E-state index in [-0.39, 0.29) is 11.7 Å². The molecule has 0 aliphatic heterocycles. The Hall–Kier alpha value is -1.88. The lowest BCUT2D eigenvalue weighted by molar-refractivity contribution is 0.480. The van der Waals surface area contributed by atoms with Gasteiger partial charge in [-0.2, -0.15) is 0 Å². The number of aromatic hydroxyl groups is 1. The van der Waals surface area contributed by atoms with E-state index in [9.17, 15) is 5.11 Å². The van der Waals surface area contributed by atoms with E-state index in [1.165, 1.54) is 0 Å². The van der Waals surface area contributed by atoms with Gasteiger partial charge in [0.05, 0.1) is 5.69 Å². The van der Waals surface area contributed by atoms with Crippen molar-refractivity contribution in [3.8, 4) is 5.75 Å². The van der Waals surface area contributed by atoms with Crippen LogP contribution in [0.1, 0.15) is 5.69 Å². The van der Waals surface area contributed by atoms with Gasteiger partial charge in [-0.1, -0.05) is 12.1 Å². The number of fused-ring (bicyclic) bond motifs is 1. The van der Waals surface area contributed by atoms with Crippen molar-refractivity contribution in [1.82, 2.24) is 9.97 Å². The van der Waals surface area contributed by atoms with Gasteiger partial charge in [-0.15, -0.1) is 0 Å². The number of nitrogens with two attached hydrogens (primary N) is 2. The molecule has 5 heteroatoms. The van der Waals surface area contributed by atoms with Gasteiger partial charge in [0.1, 0.15) is 11.3 Å². The molecule has 5 N–H and O–H groups in total. The van der Waals surface area contributed by atoms with Crippen LogP contribution in [0.5, 0.6) is 5.75 Å². The molecular formula is C10H12N4O. The van der Waals surface area contributed by atoms with Crippen LogP contribution in [0, 0.1) is 0 Å². The van der Waals surface area contributed by atoms with Crippen molar-refractivity contribution in [3.63, 3.8) is 0 Å². The average molecular weight is 204 g/mol. The molecule has 0 saturated carbocycles. The van der Waals surface area contributed by atoms with E-state index in [1.807, 2.05) is 6.07 Å². The standard InChI is InChI=1S/C10H12N4O/c11-5-4-7-6-2-1-3-8(15)9(6)14-10(12)13-7/h1-3,15H,4-5,11H2,(H2,12,13,14). The fourth-order valence-corrected chi connectivity index (χ4v) is 1.55. The number of hydrogen-bond acceptors (Lipinski definition) is 5. The number of benzene rings is 1. The second-order valence-corrected chi connectivity index (χ2v) is 3.24. The van der Waals surface area contributed by atoms with Gasteiger partial charge in [0, 0.05) is 11.8 Å². The van der Waals surface area contributed by atoms with Gasteiger partial charge < -0.3 is 16.6 Å². The van der Waals surface area contributed by atoms with E-state index in [1.54, 1.807) is 12.1 Å². The fourth-order valence-electron chi connectivity index (χ4n) is 1.55. The van der Waals surface area contributed by atoms with Crippen LogP contribution in [0.4, 0.5) is 5.95 Å². The monoisotopic (exact) mass is 204 g/mol. The SMILES string of the molecule is NCCc1nc(N)nc2c(O)cccc12. The third-order valence-electron chi connectivity index (χ3n) is 2.18. The number of rotatable bonds is 2. The number of hydrogen-bond donors (Lipinski definition) is 3. The molecule has 1 heterocycles. The molecular weight excluding hydrogens is 192 g/mol. The van der Waals surface area contributed by atoms with Gasteiger partial charge in [-0.25, -0.2) is 9.97 Å². The Morgan fingerprint density at radius 3 is 2.80 bits per heavy atom. The first-order valence-corrected chi connectivity index (χ1v) is 4.66. The van der Waals surface area contributed by atoms with Gasteiger partial charge in [-0.3, -0.25) is 0 Å². The number of phenolic OH excluding ortho intramolecular Hbond substituents is 1. The summed E-state index contributed by atoms with van der Waals surface area (Å²) in [5.41, 5.74) is 12.3. The molecule has 2 aromatic rings. The molecule has 0 radical (unpaired) electrons. The second kappa shape index (κ2) is 3.70. The number of para-hydroxylation sites is 1. The van der Waals surface area contributed by atoms with E-state index in [0.29, 0.717) is 18.5 Å². The van der Waals surface area contributed by atoms with Crippen LogP contribution >= 0.6 is 0 Å². The zero-order chi connectivity index (χ0) is 10.8. The summed E-state index contributed by atoms with van der Waals surface area (Å²) in [6.45, 7) is 0.487. The van der Waals surface area contributed by atoms with Crippen molar-refractivity contribution in [2.75, 3.05) is 12.3 Å². The molecule has 78 valence electrons. The molecule has 1 aromatic carbocycles. The molecule has 0 unspecified atom stereocenters. The summed E-state index contributed by atoms with van der Waals surface area (Å²) in [6.07, 6.45) is 0.618. The third kappa shape index (κ3) is 1.69. The third-order valence-corrected chi connectivity index (χ3v) is 2.18. The van der Waals surface area contributed by atoms with Gasteiger partial charge in [0.15, 0.2) is 0 Å². The van der Waals surface area contributed by atoms with E-state index < -0.39 is 0 Å². The van der Waals surface area contributed by atoms with Crippen molar-refractivity contribution >= 4 is 16.9 Å². The number of nitrogen functional groups attached to an aromatic ring is 1. The van der Waals surface area contributed by atoms with E-state index in [2.05, 4.69) is 9.97 Å². The number of anilines is 1. The predicted molar refractivity (Wildman–Crippen MR) is 58.4 cm³/mol. The lowest BCUT2D eigenvalue weighted by atomic mass is 10.1. The smallest absolute Gasteiger partial charge is 0.220 e. The van der Waals surface area contributed by atoms with Gasteiger partial charge in [0.2, 0.25) is 5.95 Å². The first-order valence-electron chi connectivity index (χ1n) is 4.66. The maximum atomic E-state index is 9.61. The molecule has 15 heavy (non-hydrogen) atoms. The Kier molecular flexibility index (Phi) is 2.39. The summed E-state index contributed by atoms with van der Waals surface area (Å²) >= 11 is 0. The van der Waals surface area contributed by atoms with Crippen LogP contribution < -0.4 is 11.5 Å². The minimum atomic E-state index is 0.111. The maximum Gasteiger partial charge on any atom is 0.220 e. The number of nitrogens with zero attached hydrogens (tertiary/aromatic N) is 2. The molecule has 0 fully saturated rings. The Labute approximate surface area is 86.8 Å². The molecule has 0 aliphatic carbocycles. The van der Waals surface area contributed by atoms with Gasteiger partial charge in [-0.05, 0) is 12.6 Å². The summed E-state index contributed by atoms with van der Waals surface area (Å²) < 4.78 is 0. The fraction of sp³-hybridized carbons (Fsp3) is 0.200. The summed E-state index contributed by atoms with van der Waals surface area (Å²) in [6, 6.07) is 5.16. The molecule has 0 saturated heterocycles. The van der Waals surface area contributed by atoms with Crippen molar-refractivity contribution in [2.45, 2.75) is 6.42 Å². The largest absolute Gasteiger partial charge is 0.506 e. The lowest BCUT2D eigenvalue weighted by Crippen LogP contribution is -2.07. The van der Waals surface area contributed by atoms with E-state index in [4.69, 9.17) is 11.5 Å².